The lowest BCUT2D eigenvalue weighted by Crippen LogP contribution is -2.24. The van der Waals surface area contributed by atoms with Gasteiger partial charge >= 0.3 is 5.97 Å². The maximum absolute atomic E-state index is 11.7. The molecule has 0 aromatic heterocycles. The van der Waals surface area contributed by atoms with Crippen LogP contribution < -0.4 is 0 Å². The van der Waals surface area contributed by atoms with Gasteiger partial charge in [-0.05, 0) is 18.1 Å². The minimum absolute atomic E-state index is 0.303. The molecule has 1 atom stereocenters. The Morgan fingerprint density at radius 1 is 1.44 bits per heavy atom. The maximum atomic E-state index is 11.7. The van der Waals surface area contributed by atoms with Crippen LogP contribution in [0.5, 0.6) is 0 Å². The van der Waals surface area contributed by atoms with Crippen molar-refractivity contribution in [1.29, 1.82) is 0 Å². The summed E-state index contributed by atoms with van der Waals surface area (Å²) >= 11 is 0. The quantitative estimate of drug-likeness (QED) is 0.712. The highest BCUT2D eigenvalue weighted by Gasteiger charge is 2.25. The van der Waals surface area contributed by atoms with E-state index in [4.69, 9.17) is 4.84 Å². The van der Waals surface area contributed by atoms with E-state index < -0.39 is 0 Å². The third-order valence-electron chi connectivity index (χ3n) is 2.78. The Morgan fingerprint density at radius 3 is 2.69 bits per heavy atom. The highest BCUT2D eigenvalue weighted by Crippen LogP contribution is 2.20. The van der Waals surface area contributed by atoms with Gasteiger partial charge in [0, 0.05) is 6.54 Å². The van der Waals surface area contributed by atoms with Crippen LogP contribution in [0, 0.1) is 5.92 Å². The summed E-state index contributed by atoms with van der Waals surface area (Å²) in [5.74, 6) is 0.0890. The molecule has 0 amide bonds. The summed E-state index contributed by atoms with van der Waals surface area (Å²) in [6.45, 7) is 7.39. The summed E-state index contributed by atoms with van der Waals surface area (Å²) in [5, 5.41) is 1.67. The van der Waals surface area contributed by atoms with Crippen molar-refractivity contribution in [2.45, 2.75) is 6.92 Å². The van der Waals surface area contributed by atoms with Gasteiger partial charge in [-0.2, -0.15) is 0 Å². The van der Waals surface area contributed by atoms with E-state index in [1.807, 2.05) is 18.2 Å². The van der Waals surface area contributed by atoms with Gasteiger partial charge in [0.05, 0.1) is 12.1 Å². The Morgan fingerprint density at radius 2 is 2.12 bits per heavy atom. The van der Waals surface area contributed by atoms with Crippen molar-refractivity contribution in [3.63, 3.8) is 0 Å². The molecule has 1 aliphatic heterocycles. The summed E-state index contributed by atoms with van der Waals surface area (Å²) < 4.78 is 0. The van der Waals surface area contributed by atoms with E-state index in [0.29, 0.717) is 18.0 Å². The standard InChI is InChI=1S/C13H15NO2/c1-10-8-14(9-11(10)2)16-13(15)12-6-4-3-5-7-12/h3-7,11H,1,8-9H2,2H3. The normalized spacial score (nSPS) is 21.1. The van der Waals surface area contributed by atoms with E-state index in [-0.39, 0.29) is 5.97 Å². The van der Waals surface area contributed by atoms with Gasteiger partial charge in [0.2, 0.25) is 0 Å². The molecule has 0 saturated carbocycles. The zero-order valence-corrected chi connectivity index (χ0v) is 9.35. The summed E-state index contributed by atoms with van der Waals surface area (Å²) in [5.41, 5.74) is 1.69. The van der Waals surface area contributed by atoms with Crippen LogP contribution in [0.3, 0.4) is 0 Å². The first-order valence-corrected chi connectivity index (χ1v) is 5.37. The molecule has 1 saturated heterocycles. The van der Waals surface area contributed by atoms with E-state index >= 15 is 0 Å². The predicted molar refractivity (Wildman–Crippen MR) is 61.7 cm³/mol. The first kappa shape index (κ1) is 10.9. The molecule has 0 N–H and O–H groups in total. The number of hydroxylamine groups is 2. The van der Waals surface area contributed by atoms with Crippen LogP contribution >= 0.6 is 0 Å². The van der Waals surface area contributed by atoms with Gasteiger partial charge < -0.3 is 4.84 Å². The number of rotatable bonds is 2. The Balaban J connectivity index is 1.97. The molecule has 0 aliphatic carbocycles. The molecule has 1 aliphatic rings. The first-order valence-electron chi connectivity index (χ1n) is 5.37. The lowest BCUT2D eigenvalue weighted by atomic mass is 10.1. The Labute approximate surface area is 95.3 Å². The Hall–Kier alpha value is -1.61. The highest BCUT2D eigenvalue weighted by molar-refractivity contribution is 5.89. The summed E-state index contributed by atoms with van der Waals surface area (Å²) in [4.78, 5) is 17.0. The minimum Gasteiger partial charge on any atom is -0.364 e. The molecular weight excluding hydrogens is 202 g/mol. The monoisotopic (exact) mass is 217 g/mol. The van der Waals surface area contributed by atoms with Gasteiger partial charge in [0.25, 0.3) is 0 Å². The molecule has 3 heteroatoms. The summed E-state index contributed by atoms with van der Waals surface area (Å²) in [6.07, 6.45) is 0. The molecule has 0 bridgehead atoms. The van der Waals surface area contributed by atoms with Crippen molar-refractivity contribution in [1.82, 2.24) is 5.06 Å². The Kier molecular flexibility index (Phi) is 3.06. The molecule has 1 aromatic carbocycles. The molecule has 1 fully saturated rings. The van der Waals surface area contributed by atoms with Crippen LogP contribution in [0.2, 0.25) is 0 Å². The molecule has 16 heavy (non-hydrogen) atoms. The fraction of sp³-hybridized carbons (Fsp3) is 0.308. The number of carbonyl (C=O) groups excluding carboxylic acids is 1. The fourth-order valence-electron chi connectivity index (χ4n) is 1.70. The Bertz CT molecular complexity index is 400. The van der Waals surface area contributed by atoms with Gasteiger partial charge in [0.15, 0.2) is 0 Å². The third kappa shape index (κ3) is 2.31. The smallest absolute Gasteiger partial charge is 0.357 e. The van der Waals surface area contributed by atoms with Gasteiger partial charge in [-0.3, -0.25) is 0 Å². The van der Waals surface area contributed by atoms with E-state index in [0.717, 1.165) is 12.1 Å². The second-order valence-electron chi connectivity index (χ2n) is 4.13. The predicted octanol–water partition coefficient (Wildman–Crippen LogP) is 2.27. The second-order valence-corrected chi connectivity index (χ2v) is 4.13. The molecule has 2 rings (SSSR count). The van der Waals surface area contributed by atoms with Crippen LogP contribution in [0.25, 0.3) is 0 Å². The molecular formula is C13H15NO2. The van der Waals surface area contributed by atoms with Crippen molar-refractivity contribution in [3.8, 4) is 0 Å². The van der Waals surface area contributed by atoms with Crippen LogP contribution in [-0.2, 0) is 4.84 Å². The first-order chi connectivity index (χ1) is 7.66. The largest absolute Gasteiger partial charge is 0.364 e. The van der Waals surface area contributed by atoms with Crippen molar-refractivity contribution >= 4 is 5.97 Å². The maximum Gasteiger partial charge on any atom is 0.357 e. The number of hydrogen-bond donors (Lipinski definition) is 0. The van der Waals surface area contributed by atoms with Crippen LogP contribution in [0.4, 0.5) is 0 Å². The van der Waals surface area contributed by atoms with Gasteiger partial charge in [-0.25, -0.2) is 4.79 Å². The molecule has 0 radical (unpaired) electrons. The van der Waals surface area contributed by atoms with Gasteiger partial charge in [-0.15, -0.1) is 5.06 Å². The molecule has 1 aromatic rings. The van der Waals surface area contributed by atoms with E-state index in [9.17, 15) is 4.79 Å². The van der Waals surface area contributed by atoms with Crippen molar-refractivity contribution in [2.24, 2.45) is 5.92 Å². The number of nitrogens with zero attached hydrogens (tertiary/aromatic N) is 1. The van der Waals surface area contributed by atoms with E-state index in [2.05, 4.69) is 13.5 Å². The summed E-state index contributed by atoms with van der Waals surface area (Å²) in [6, 6.07) is 9.01. The van der Waals surface area contributed by atoms with E-state index in [1.54, 1.807) is 17.2 Å². The zero-order valence-electron chi connectivity index (χ0n) is 9.35. The van der Waals surface area contributed by atoms with Crippen LogP contribution in [0.15, 0.2) is 42.5 Å². The lowest BCUT2D eigenvalue weighted by molar-refractivity contribution is -0.0933. The van der Waals surface area contributed by atoms with Gasteiger partial charge in [-0.1, -0.05) is 37.3 Å². The zero-order chi connectivity index (χ0) is 11.5. The van der Waals surface area contributed by atoms with Crippen LogP contribution in [-0.4, -0.2) is 24.1 Å². The minimum atomic E-state index is -0.303. The van der Waals surface area contributed by atoms with Gasteiger partial charge in [0.1, 0.15) is 0 Å². The molecule has 1 unspecified atom stereocenters. The number of carbonyl (C=O) groups is 1. The molecule has 0 spiro atoms. The SMILES string of the molecule is C=C1CN(OC(=O)c2ccccc2)CC1C. The van der Waals surface area contributed by atoms with E-state index in [1.165, 1.54) is 0 Å². The highest BCUT2D eigenvalue weighted by atomic mass is 16.7. The summed E-state index contributed by atoms with van der Waals surface area (Å²) in [7, 11) is 0. The third-order valence-corrected chi connectivity index (χ3v) is 2.78. The van der Waals surface area contributed by atoms with Crippen molar-refractivity contribution in [2.75, 3.05) is 13.1 Å². The second kappa shape index (κ2) is 4.49. The fourth-order valence-corrected chi connectivity index (χ4v) is 1.70. The number of hydrogen-bond acceptors (Lipinski definition) is 3. The average Bonchev–Trinajstić information content (AvgIpc) is 2.59. The average molecular weight is 217 g/mol. The molecule has 1 heterocycles. The molecule has 3 nitrogen and oxygen atoms in total. The van der Waals surface area contributed by atoms with Crippen molar-refractivity contribution in [3.05, 3.63) is 48.0 Å². The van der Waals surface area contributed by atoms with Crippen LogP contribution in [0.1, 0.15) is 17.3 Å². The number of benzene rings is 1. The topological polar surface area (TPSA) is 29.5 Å². The molecule has 84 valence electrons. The lowest BCUT2D eigenvalue weighted by Gasteiger charge is -2.14. The van der Waals surface area contributed by atoms with Crippen molar-refractivity contribution < 1.29 is 9.63 Å².